The van der Waals surface area contributed by atoms with E-state index in [9.17, 15) is 4.79 Å². The van der Waals surface area contributed by atoms with E-state index in [1.165, 1.54) is 0 Å². The van der Waals surface area contributed by atoms with Crippen molar-refractivity contribution in [2.75, 3.05) is 0 Å². The summed E-state index contributed by atoms with van der Waals surface area (Å²) in [5.41, 5.74) is 2.41. The average Bonchev–Trinajstić information content (AvgIpc) is 2.83. The molecular weight excluding hydrogens is 304 g/mol. The van der Waals surface area contributed by atoms with Gasteiger partial charge in [-0.2, -0.15) is 0 Å². The van der Waals surface area contributed by atoms with E-state index in [1.54, 1.807) is 18.2 Å². The highest BCUT2D eigenvalue weighted by Crippen LogP contribution is 2.28. The third-order valence-electron chi connectivity index (χ3n) is 3.03. The highest BCUT2D eigenvalue weighted by Gasteiger charge is 2.15. The van der Waals surface area contributed by atoms with Gasteiger partial charge >= 0.3 is 0 Å². The topological polar surface area (TPSA) is 30.2 Å². The van der Waals surface area contributed by atoms with Crippen LogP contribution in [0.1, 0.15) is 21.7 Å². The Labute approximate surface area is 119 Å². The van der Waals surface area contributed by atoms with Gasteiger partial charge < -0.3 is 4.42 Å². The summed E-state index contributed by atoms with van der Waals surface area (Å²) >= 11 is 3.45. The minimum absolute atomic E-state index is 0.0904. The number of carbonyl (C=O) groups excluding carboxylic acids is 1. The Hall–Kier alpha value is -1.87. The monoisotopic (exact) mass is 314 g/mol. The fourth-order valence-corrected chi connectivity index (χ4v) is 2.72. The molecule has 0 radical (unpaired) electrons. The van der Waals surface area contributed by atoms with E-state index in [-0.39, 0.29) is 5.78 Å². The summed E-state index contributed by atoms with van der Waals surface area (Å²) in [5.74, 6) is 0.287. The van der Waals surface area contributed by atoms with Crippen LogP contribution in [0.2, 0.25) is 0 Å². The first-order valence-electron chi connectivity index (χ1n) is 5.94. The molecule has 3 aromatic rings. The molecular formula is C16H11BrO2. The molecule has 1 heterocycles. The van der Waals surface area contributed by atoms with Crippen molar-refractivity contribution < 1.29 is 9.21 Å². The standard InChI is InChI=1S/C16H11BrO2/c1-10-7-13(17)8-12-9-14(19-16(10)12)15(18)11-5-3-2-4-6-11/h2-9H,1H3. The van der Waals surface area contributed by atoms with Crippen molar-refractivity contribution in [1.82, 2.24) is 0 Å². The van der Waals surface area contributed by atoms with Crippen molar-refractivity contribution in [3.05, 3.63) is 69.9 Å². The van der Waals surface area contributed by atoms with Crippen LogP contribution in [-0.4, -0.2) is 5.78 Å². The fourth-order valence-electron chi connectivity index (χ4n) is 2.13. The molecule has 0 amide bonds. The molecule has 0 spiro atoms. The fraction of sp³-hybridized carbons (Fsp3) is 0.0625. The lowest BCUT2D eigenvalue weighted by atomic mass is 10.1. The Morgan fingerprint density at radius 3 is 2.58 bits per heavy atom. The molecule has 0 saturated heterocycles. The maximum atomic E-state index is 12.3. The Kier molecular flexibility index (Phi) is 2.99. The van der Waals surface area contributed by atoms with Gasteiger partial charge in [0.1, 0.15) is 5.58 Å². The van der Waals surface area contributed by atoms with Gasteiger partial charge in [0.2, 0.25) is 5.78 Å². The molecule has 0 aliphatic rings. The van der Waals surface area contributed by atoms with Gasteiger partial charge in [0.25, 0.3) is 0 Å². The van der Waals surface area contributed by atoms with Crippen LogP contribution in [-0.2, 0) is 0 Å². The maximum Gasteiger partial charge on any atom is 0.228 e. The number of halogens is 1. The normalized spacial score (nSPS) is 10.8. The second-order valence-corrected chi connectivity index (χ2v) is 5.36. The summed E-state index contributed by atoms with van der Waals surface area (Å²) in [6, 6.07) is 14.9. The molecule has 1 aromatic heterocycles. The van der Waals surface area contributed by atoms with E-state index in [0.29, 0.717) is 11.3 Å². The average molecular weight is 315 g/mol. The summed E-state index contributed by atoms with van der Waals surface area (Å²) in [6.07, 6.45) is 0. The number of furan rings is 1. The number of benzene rings is 2. The quantitative estimate of drug-likeness (QED) is 0.640. The van der Waals surface area contributed by atoms with Gasteiger partial charge in [-0.15, -0.1) is 0 Å². The lowest BCUT2D eigenvalue weighted by Gasteiger charge is -1.96. The zero-order chi connectivity index (χ0) is 13.4. The molecule has 0 atom stereocenters. The van der Waals surface area contributed by atoms with Crippen LogP contribution in [0.4, 0.5) is 0 Å². The molecule has 0 bridgehead atoms. The van der Waals surface area contributed by atoms with Crippen LogP contribution >= 0.6 is 15.9 Å². The van der Waals surface area contributed by atoms with Gasteiger partial charge in [0, 0.05) is 15.4 Å². The van der Waals surface area contributed by atoms with E-state index in [0.717, 1.165) is 21.0 Å². The van der Waals surface area contributed by atoms with Crippen molar-refractivity contribution in [3.63, 3.8) is 0 Å². The molecule has 0 saturated carbocycles. The molecule has 3 rings (SSSR count). The zero-order valence-corrected chi connectivity index (χ0v) is 11.9. The number of ketones is 1. The molecule has 94 valence electrons. The van der Waals surface area contributed by atoms with Gasteiger partial charge in [-0.25, -0.2) is 0 Å². The predicted molar refractivity (Wildman–Crippen MR) is 78.5 cm³/mol. The van der Waals surface area contributed by atoms with Gasteiger partial charge in [0.15, 0.2) is 5.76 Å². The molecule has 0 N–H and O–H groups in total. The van der Waals surface area contributed by atoms with Gasteiger partial charge in [-0.3, -0.25) is 4.79 Å². The highest BCUT2D eigenvalue weighted by molar-refractivity contribution is 9.10. The zero-order valence-electron chi connectivity index (χ0n) is 10.3. The third-order valence-corrected chi connectivity index (χ3v) is 3.48. The lowest BCUT2D eigenvalue weighted by molar-refractivity contribution is 0.101. The van der Waals surface area contributed by atoms with Crippen LogP contribution < -0.4 is 0 Å². The van der Waals surface area contributed by atoms with Crippen LogP contribution in [0.5, 0.6) is 0 Å². The van der Waals surface area contributed by atoms with E-state index in [1.807, 2.05) is 37.3 Å². The van der Waals surface area contributed by atoms with Crippen molar-refractivity contribution >= 4 is 32.7 Å². The Morgan fingerprint density at radius 1 is 1.11 bits per heavy atom. The molecule has 0 unspecified atom stereocenters. The number of fused-ring (bicyclic) bond motifs is 1. The minimum atomic E-state index is -0.0904. The van der Waals surface area contributed by atoms with Crippen molar-refractivity contribution in [2.24, 2.45) is 0 Å². The first-order chi connectivity index (χ1) is 9.15. The summed E-state index contributed by atoms with van der Waals surface area (Å²) in [6.45, 7) is 1.97. The molecule has 2 nitrogen and oxygen atoms in total. The molecule has 0 aliphatic heterocycles. The molecule has 2 aromatic carbocycles. The second kappa shape index (κ2) is 4.67. The second-order valence-electron chi connectivity index (χ2n) is 4.45. The maximum absolute atomic E-state index is 12.3. The van der Waals surface area contributed by atoms with E-state index >= 15 is 0 Å². The van der Waals surface area contributed by atoms with Crippen LogP contribution in [0.15, 0.2) is 57.4 Å². The summed E-state index contributed by atoms with van der Waals surface area (Å²) in [4.78, 5) is 12.3. The Morgan fingerprint density at radius 2 is 1.84 bits per heavy atom. The predicted octanol–water partition coefficient (Wildman–Crippen LogP) is 4.73. The van der Waals surface area contributed by atoms with Crippen molar-refractivity contribution in [1.29, 1.82) is 0 Å². The number of hydrogen-bond acceptors (Lipinski definition) is 2. The number of rotatable bonds is 2. The van der Waals surface area contributed by atoms with Crippen LogP contribution in [0, 0.1) is 6.92 Å². The van der Waals surface area contributed by atoms with Gasteiger partial charge in [0.05, 0.1) is 0 Å². The largest absolute Gasteiger partial charge is 0.452 e. The van der Waals surface area contributed by atoms with E-state index in [4.69, 9.17) is 4.42 Å². The van der Waals surface area contributed by atoms with E-state index < -0.39 is 0 Å². The van der Waals surface area contributed by atoms with Crippen molar-refractivity contribution in [3.8, 4) is 0 Å². The number of aryl methyl sites for hydroxylation is 1. The smallest absolute Gasteiger partial charge is 0.228 e. The van der Waals surface area contributed by atoms with Gasteiger partial charge in [-0.05, 0) is 30.7 Å². The SMILES string of the molecule is Cc1cc(Br)cc2cc(C(=O)c3ccccc3)oc12. The summed E-state index contributed by atoms with van der Waals surface area (Å²) in [7, 11) is 0. The highest BCUT2D eigenvalue weighted by atomic mass is 79.9. The third kappa shape index (κ3) is 2.22. The first-order valence-corrected chi connectivity index (χ1v) is 6.74. The molecule has 0 fully saturated rings. The van der Waals surface area contributed by atoms with E-state index in [2.05, 4.69) is 15.9 Å². The minimum Gasteiger partial charge on any atom is -0.452 e. The summed E-state index contributed by atoms with van der Waals surface area (Å²) < 4.78 is 6.68. The lowest BCUT2D eigenvalue weighted by Crippen LogP contribution is -1.98. The van der Waals surface area contributed by atoms with Crippen LogP contribution in [0.25, 0.3) is 11.0 Å². The first kappa shape index (κ1) is 12.2. The molecule has 19 heavy (non-hydrogen) atoms. The Balaban J connectivity index is 2.12. The molecule has 0 aliphatic carbocycles. The molecule has 3 heteroatoms. The number of hydrogen-bond donors (Lipinski definition) is 0. The van der Waals surface area contributed by atoms with Crippen LogP contribution in [0.3, 0.4) is 0 Å². The van der Waals surface area contributed by atoms with Gasteiger partial charge in [-0.1, -0.05) is 46.3 Å². The van der Waals surface area contributed by atoms with Crippen molar-refractivity contribution in [2.45, 2.75) is 6.92 Å². The summed E-state index contributed by atoms with van der Waals surface area (Å²) in [5, 5.41) is 0.936. The number of carbonyl (C=O) groups is 1. The Bertz CT molecular complexity index is 757.